The van der Waals surface area contributed by atoms with Crippen LogP contribution in [-0.2, 0) is 22.4 Å². The van der Waals surface area contributed by atoms with Crippen molar-refractivity contribution in [2.24, 2.45) is 5.73 Å². The van der Waals surface area contributed by atoms with Gasteiger partial charge in [-0.05, 0) is 29.7 Å². The number of aromatic nitrogens is 1. The highest BCUT2D eigenvalue weighted by molar-refractivity contribution is 6.15. The fourth-order valence-corrected chi connectivity index (χ4v) is 4.25. The summed E-state index contributed by atoms with van der Waals surface area (Å²) in [5.74, 6) is -1.05. The highest BCUT2D eigenvalue weighted by atomic mass is 19.1. The van der Waals surface area contributed by atoms with E-state index in [1.165, 1.54) is 11.0 Å². The molecule has 0 radical (unpaired) electrons. The largest absolute Gasteiger partial charge is 0.377 e. The van der Waals surface area contributed by atoms with Crippen LogP contribution in [0.1, 0.15) is 17.5 Å². The van der Waals surface area contributed by atoms with E-state index in [0.717, 1.165) is 22.9 Å². The van der Waals surface area contributed by atoms with Crippen molar-refractivity contribution in [2.45, 2.75) is 25.3 Å². The van der Waals surface area contributed by atoms with E-state index in [2.05, 4.69) is 16.5 Å². The van der Waals surface area contributed by atoms with Gasteiger partial charge in [-0.3, -0.25) is 9.59 Å². The molecule has 9 heteroatoms. The van der Waals surface area contributed by atoms with E-state index in [4.69, 9.17) is 11.0 Å². The number of aromatic amines is 1. The molecular weight excluding hydrogens is 411 g/mol. The van der Waals surface area contributed by atoms with Crippen molar-refractivity contribution in [3.05, 3.63) is 41.2 Å². The molecule has 166 valence electrons. The van der Waals surface area contributed by atoms with Crippen LogP contribution in [0.2, 0.25) is 0 Å². The maximum atomic E-state index is 15.3. The predicted octanol–water partition coefficient (Wildman–Crippen LogP) is 2.09. The van der Waals surface area contributed by atoms with E-state index in [1.54, 1.807) is 19.0 Å². The van der Waals surface area contributed by atoms with Gasteiger partial charge in [-0.1, -0.05) is 12.1 Å². The second kappa shape index (κ2) is 8.38. The lowest BCUT2D eigenvalue weighted by Gasteiger charge is -2.17. The summed E-state index contributed by atoms with van der Waals surface area (Å²) in [5.41, 5.74) is 8.41. The van der Waals surface area contributed by atoms with Crippen LogP contribution in [0.25, 0.3) is 21.8 Å². The van der Waals surface area contributed by atoms with Crippen LogP contribution in [0.3, 0.4) is 0 Å². The second-order valence-corrected chi connectivity index (χ2v) is 8.43. The van der Waals surface area contributed by atoms with Gasteiger partial charge in [0.1, 0.15) is 5.82 Å². The lowest BCUT2D eigenvalue weighted by molar-refractivity contribution is -0.128. The third kappa shape index (κ3) is 4.04. The summed E-state index contributed by atoms with van der Waals surface area (Å²) in [6.45, 7) is 1.12. The van der Waals surface area contributed by atoms with E-state index in [0.29, 0.717) is 35.2 Å². The van der Waals surface area contributed by atoms with Gasteiger partial charge in [0.05, 0.1) is 24.0 Å². The van der Waals surface area contributed by atoms with Crippen LogP contribution < -0.4 is 11.1 Å². The summed E-state index contributed by atoms with van der Waals surface area (Å²) in [6, 6.07) is 6.85. The number of halogens is 1. The number of amides is 2. The molecule has 2 heterocycles. The molecule has 1 aliphatic heterocycles. The number of nitrogens with one attached hydrogen (secondary N) is 2. The third-order valence-electron chi connectivity index (χ3n) is 5.87. The Kier molecular flexibility index (Phi) is 5.61. The van der Waals surface area contributed by atoms with Gasteiger partial charge in [-0.2, -0.15) is 5.26 Å². The zero-order valence-electron chi connectivity index (χ0n) is 18.0. The van der Waals surface area contributed by atoms with Gasteiger partial charge >= 0.3 is 0 Å². The molecule has 3 aromatic rings. The average Bonchev–Trinajstić information content (AvgIpc) is 3.34. The first-order chi connectivity index (χ1) is 15.3. The van der Waals surface area contributed by atoms with E-state index in [1.807, 2.05) is 18.2 Å². The average molecular weight is 436 g/mol. The topological polar surface area (TPSA) is 118 Å². The van der Waals surface area contributed by atoms with Crippen LogP contribution in [0.15, 0.2) is 24.3 Å². The van der Waals surface area contributed by atoms with Crippen molar-refractivity contribution in [2.75, 3.05) is 32.5 Å². The number of primary amides is 1. The highest BCUT2D eigenvalue weighted by Gasteiger charge is 2.25. The molecule has 0 aliphatic carbocycles. The Hall–Kier alpha value is -3.80. The lowest BCUT2D eigenvalue weighted by atomic mass is 10.0. The SMILES string of the molecule is CN(C)C(=O)Cc1ccc2c(c1)[nH]c1c(CC(N)=O)cc(F)c(N[C@H]3CCN(C#N)C3)c12. The molecule has 1 aliphatic rings. The number of hydrogen-bond acceptors (Lipinski definition) is 5. The number of benzene rings is 2. The Morgan fingerprint density at radius 2 is 2.12 bits per heavy atom. The Morgan fingerprint density at radius 1 is 1.34 bits per heavy atom. The third-order valence-corrected chi connectivity index (χ3v) is 5.87. The number of anilines is 1. The maximum absolute atomic E-state index is 15.3. The van der Waals surface area contributed by atoms with E-state index in [9.17, 15) is 9.59 Å². The number of H-pyrrole nitrogens is 1. The predicted molar refractivity (Wildman–Crippen MR) is 120 cm³/mol. The molecule has 8 nitrogen and oxygen atoms in total. The summed E-state index contributed by atoms with van der Waals surface area (Å²) in [4.78, 5) is 30.2. The first-order valence-corrected chi connectivity index (χ1v) is 10.4. The smallest absolute Gasteiger partial charge is 0.226 e. The van der Waals surface area contributed by atoms with Crippen LogP contribution in [0, 0.1) is 17.3 Å². The molecule has 1 aromatic heterocycles. The Labute approximate surface area is 184 Å². The lowest BCUT2D eigenvalue weighted by Crippen LogP contribution is -2.24. The van der Waals surface area contributed by atoms with Crippen molar-refractivity contribution < 1.29 is 14.0 Å². The molecule has 2 aromatic carbocycles. The number of rotatable bonds is 6. The summed E-state index contributed by atoms with van der Waals surface area (Å²) < 4.78 is 15.3. The van der Waals surface area contributed by atoms with Gasteiger partial charge < -0.3 is 25.8 Å². The number of fused-ring (bicyclic) bond motifs is 3. The monoisotopic (exact) mass is 436 g/mol. The summed E-state index contributed by atoms with van der Waals surface area (Å²) in [7, 11) is 3.41. The van der Waals surface area contributed by atoms with Crippen LogP contribution in [-0.4, -0.2) is 59.8 Å². The first kappa shape index (κ1) is 21.4. The number of carbonyl (C=O) groups excluding carboxylic acids is 2. The molecule has 0 spiro atoms. The molecular formula is C23H25FN6O2. The van der Waals surface area contributed by atoms with Crippen LogP contribution in [0.4, 0.5) is 10.1 Å². The molecule has 2 amide bonds. The summed E-state index contributed by atoms with van der Waals surface area (Å²) in [6.07, 6.45) is 3.00. The Bertz CT molecular complexity index is 1260. The normalized spacial score (nSPS) is 15.8. The van der Waals surface area contributed by atoms with Gasteiger partial charge in [-0.15, -0.1) is 0 Å². The molecule has 0 saturated carbocycles. The van der Waals surface area contributed by atoms with Crippen molar-refractivity contribution >= 4 is 39.3 Å². The van der Waals surface area contributed by atoms with Crippen LogP contribution in [0.5, 0.6) is 0 Å². The van der Waals surface area contributed by atoms with Gasteiger partial charge in [0.15, 0.2) is 6.19 Å². The first-order valence-electron chi connectivity index (χ1n) is 10.4. The molecule has 4 rings (SSSR count). The van der Waals surface area contributed by atoms with Gasteiger partial charge in [0.25, 0.3) is 0 Å². The van der Waals surface area contributed by atoms with Crippen molar-refractivity contribution in [3.8, 4) is 6.19 Å². The maximum Gasteiger partial charge on any atom is 0.226 e. The summed E-state index contributed by atoms with van der Waals surface area (Å²) in [5, 5.41) is 13.8. The number of nitrogens with zero attached hydrogens (tertiary/aromatic N) is 3. The van der Waals surface area contributed by atoms with Crippen LogP contribution >= 0.6 is 0 Å². The fourth-order valence-electron chi connectivity index (χ4n) is 4.25. The molecule has 1 atom stereocenters. The number of nitrogens with two attached hydrogens (primary N) is 1. The van der Waals surface area contributed by atoms with Crippen molar-refractivity contribution in [3.63, 3.8) is 0 Å². The quantitative estimate of drug-likeness (QED) is 0.512. The van der Waals surface area contributed by atoms with Gasteiger partial charge in [0.2, 0.25) is 11.8 Å². The minimum Gasteiger partial charge on any atom is -0.377 e. The van der Waals surface area contributed by atoms with Gasteiger partial charge in [0, 0.05) is 49.5 Å². The number of likely N-dealkylation sites (N-methyl/N-ethyl adjacent to an activating group) is 1. The van der Waals surface area contributed by atoms with Crippen molar-refractivity contribution in [1.82, 2.24) is 14.8 Å². The molecule has 0 unspecified atom stereocenters. The highest BCUT2D eigenvalue weighted by Crippen LogP contribution is 2.37. The van der Waals surface area contributed by atoms with Crippen molar-refractivity contribution in [1.29, 1.82) is 5.26 Å². The minimum absolute atomic E-state index is 0.0217. The van der Waals surface area contributed by atoms with E-state index >= 15 is 4.39 Å². The number of carbonyl (C=O) groups is 2. The molecule has 0 bridgehead atoms. The molecule has 32 heavy (non-hydrogen) atoms. The number of hydrogen-bond donors (Lipinski definition) is 3. The zero-order chi connectivity index (χ0) is 23.0. The number of nitriles is 1. The Morgan fingerprint density at radius 3 is 2.78 bits per heavy atom. The molecule has 4 N–H and O–H groups in total. The minimum atomic E-state index is -0.553. The number of likely N-dealkylation sites (tertiary alicyclic amines) is 1. The second-order valence-electron chi connectivity index (χ2n) is 8.43. The standard InChI is InChI=1S/C23H25FN6O2/c1-29(2)20(32)8-13-3-4-16-18(7-13)28-22-14(10-19(26)31)9-17(24)23(21(16)22)27-15-5-6-30(11-15)12-25/h3-4,7,9,15,27-28H,5-6,8,10-11H2,1-2H3,(H2,26,31)/t15-/m0/s1. The zero-order valence-corrected chi connectivity index (χ0v) is 18.0. The molecule has 1 fully saturated rings. The summed E-state index contributed by atoms with van der Waals surface area (Å²) >= 11 is 0. The fraction of sp³-hybridized carbons (Fsp3) is 0.348. The molecule has 1 saturated heterocycles. The Balaban J connectivity index is 1.83. The van der Waals surface area contributed by atoms with E-state index < -0.39 is 11.7 Å². The van der Waals surface area contributed by atoms with Gasteiger partial charge in [-0.25, -0.2) is 4.39 Å². The van der Waals surface area contributed by atoms with E-state index in [-0.39, 0.29) is 24.8 Å².